The number of Topliss-reactive ketones (excluding diaryl/α,β-unsaturated/α-hetero) is 1. The van der Waals surface area contributed by atoms with E-state index < -0.39 is 5.41 Å². The molecule has 2 rings (SSSR count). The molecule has 0 amide bonds. The summed E-state index contributed by atoms with van der Waals surface area (Å²) in [5, 5.41) is 0. The van der Waals surface area contributed by atoms with Crippen molar-refractivity contribution in [2.45, 2.75) is 46.0 Å². The van der Waals surface area contributed by atoms with Gasteiger partial charge in [-0.1, -0.05) is 0 Å². The van der Waals surface area contributed by atoms with E-state index in [1.54, 1.807) is 6.92 Å². The molecule has 3 heteroatoms. The fourth-order valence-electron chi connectivity index (χ4n) is 3.15. The van der Waals surface area contributed by atoms with Crippen LogP contribution >= 0.6 is 0 Å². The summed E-state index contributed by atoms with van der Waals surface area (Å²) >= 11 is 0. The van der Waals surface area contributed by atoms with Crippen molar-refractivity contribution in [3.8, 4) is 0 Å². The highest BCUT2D eigenvalue weighted by atomic mass is 16.5. The van der Waals surface area contributed by atoms with Crippen molar-refractivity contribution in [3.05, 3.63) is 11.1 Å². The maximum absolute atomic E-state index is 12.0. The van der Waals surface area contributed by atoms with Gasteiger partial charge in [0.15, 0.2) is 5.78 Å². The molecule has 0 N–H and O–H groups in total. The first-order valence-corrected chi connectivity index (χ1v) is 6.02. The van der Waals surface area contributed by atoms with E-state index in [4.69, 9.17) is 4.74 Å². The lowest BCUT2D eigenvalue weighted by atomic mass is 9.83. The molecule has 1 atom stereocenters. The third-order valence-electron chi connectivity index (χ3n) is 3.87. The molecular formula is C13H18O3. The van der Waals surface area contributed by atoms with Crippen LogP contribution in [-0.4, -0.2) is 18.4 Å². The summed E-state index contributed by atoms with van der Waals surface area (Å²) in [6.07, 6.45) is 4.29. The Morgan fingerprint density at radius 2 is 2.06 bits per heavy atom. The number of fused-ring (bicyclic) bond motifs is 1. The molecular weight excluding hydrogens is 204 g/mol. The lowest BCUT2D eigenvalue weighted by Crippen LogP contribution is -2.29. The summed E-state index contributed by atoms with van der Waals surface area (Å²) in [7, 11) is 0. The zero-order valence-electron chi connectivity index (χ0n) is 9.97. The standard InChI is InChI=1S/C13H18O3/c1-3-16-12(15)13-7-4-5-11(13)10(6-8-13)9(2)14/h3-8H2,1-2H3. The predicted molar refractivity (Wildman–Crippen MR) is 59.9 cm³/mol. The van der Waals surface area contributed by atoms with Crippen LogP contribution in [0.3, 0.4) is 0 Å². The molecule has 2 aliphatic rings. The molecule has 1 fully saturated rings. The minimum atomic E-state index is -0.434. The zero-order chi connectivity index (χ0) is 11.8. The van der Waals surface area contributed by atoms with Gasteiger partial charge in [0.2, 0.25) is 0 Å². The van der Waals surface area contributed by atoms with Crippen LogP contribution in [0.25, 0.3) is 0 Å². The third kappa shape index (κ3) is 1.49. The molecule has 2 aliphatic carbocycles. The van der Waals surface area contributed by atoms with Gasteiger partial charge in [-0.25, -0.2) is 0 Å². The maximum atomic E-state index is 12.0. The fraction of sp³-hybridized carbons (Fsp3) is 0.692. The van der Waals surface area contributed by atoms with E-state index in [1.807, 2.05) is 6.92 Å². The highest BCUT2D eigenvalue weighted by Gasteiger charge is 2.51. The van der Waals surface area contributed by atoms with Crippen LogP contribution in [0.5, 0.6) is 0 Å². The highest BCUT2D eigenvalue weighted by molar-refractivity contribution is 5.97. The van der Waals surface area contributed by atoms with Crippen LogP contribution in [0, 0.1) is 5.41 Å². The second-order valence-corrected chi connectivity index (χ2v) is 4.67. The van der Waals surface area contributed by atoms with Gasteiger partial charge in [0, 0.05) is 0 Å². The first-order valence-electron chi connectivity index (χ1n) is 6.02. The Balaban J connectivity index is 2.35. The Labute approximate surface area is 95.9 Å². The molecule has 3 nitrogen and oxygen atoms in total. The van der Waals surface area contributed by atoms with Crippen LogP contribution in [0.4, 0.5) is 0 Å². The molecule has 0 aromatic rings. The molecule has 0 aromatic carbocycles. The number of carbonyl (C=O) groups excluding carboxylic acids is 2. The Hall–Kier alpha value is -1.12. The topological polar surface area (TPSA) is 43.4 Å². The number of esters is 1. The Kier molecular flexibility index (Phi) is 2.87. The molecule has 0 aliphatic heterocycles. The average Bonchev–Trinajstić information content (AvgIpc) is 2.74. The molecule has 0 aromatic heterocycles. The van der Waals surface area contributed by atoms with Gasteiger partial charge >= 0.3 is 5.97 Å². The largest absolute Gasteiger partial charge is 0.465 e. The molecule has 1 saturated carbocycles. The molecule has 0 saturated heterocycles. The zero-order valence-corrected chi connectivity index (χ0v) is 9.97. The lowest BCUT2D eigenvalue weighted by Gasteiger charge is -2.23. The van der Waals surface area contributed by atoms with E-state index in [1.165, 1.54) is 0 Å². The maximum Gasteiger partial charge on any atom is 0.316 e. The summed E-state index contributed by atoms with van der Waals surface area (Å²) < 4.78 is 5.17. The number of ketones is 1. The first-order chi connectivity index (χ1) is 7.62. The molecule has 0 bridgehead atoms. The van der Waals surface area contributed by atoms with E-state index in [-0.39, 0.29) is 11.8 Å². The molecule has 16 heavy (non-hydrogen) atoms. The number of allylic oxidation sites excluding steroid dienone is 1. The summed E-state index contributed by atoms with van der Waals surface area (Å²) in [5.74, 6) is 0.0156. The van der Waals surface area contributed by atoms with Gasteiger partial charge in [0.25, 0.3) is 0 Å². The van der Waals surface area contributed by atoms with Crippen LogP contribution in [0.2, 0.25) is 0 Å². The second kappa shape index (κ2) is 4.04. The lowest BCUT2D eigenvalue weighted by molar-refractivity contribution is -0.152. The summed E-state index contributed by atoms with van der Waals surface area (Å²) in [5.41, 5.74) is 1.54. The van der Waals surface area contributed by atoms with Gasteiger partial charge < -0.3 is 4.74 Å². The van der Waals surface area contributed by atoms with Crippen molar-refractivity contribution in [2.75, 3.05) is 6.61 Å². The summed E-state index contributed by atoms with van der Waals surface area (Å²) in [6, 6.07) is 0. The van der Waals surface area contributed by atoms with Gasteiger partial charge in [-0.2, -0.15) is 0 Å². The number of carbonyl (C=O) groups is 2. The quantitative estimate of drug-likeness (QED) is 0.689. The minimum absolute atomic E-state index is 0.112. The fourth-order valence-corrected chi connectivity index (χ4v) is 3.15. The minimum Gasteiger partial charge on any atom is -0.465 e. The van der Waals surface area contributed by atoms with Gasteiger partial charge in [-0.3, -0.25) is 9.59 Å². The van der Waals surface area contributed by atoms with Gasteiger partial charge in [0.1, 0.15) is 0 Å². The van der Waals surface area contributed by atoms with E-state index in [0.29, 0.717) is 6.61 Å². The SMILES string of the molecule is CCOC(=O)C12CCCC1=C(C(C)=O)CC2. The normalized spacial score (nSPS) is 28.1. The van der Waals surface area contributed by atoms with Crippen LogP contribution in [-0.2, 0) is 14.3 Å². The first kappa shape index (κ1) is 11.4. The van der Waals surface area contributed by atoms with Crippen molar-refractivity contribution in [1.82, 2.24) is 0 Å². The number of hydrogen-bond donors (Lipinski definition) is 0. The Morgan fingerprint density at radius 1 is 1.31 bits per heavy atom. The Morgan fingerprint density at radius 3 is 2.69 bits per heavy atom. The molecule has 1 unspecified atom stereocenters. The number of ether oxygens (including phenoxy) is 1. The van der Waals surface area contributed by atoms with E-state index in [9.17, 15) is 9.59 Å². The van der Waals surface area contributed by atoms with Gasteiger partial charge in [-0.15, -0.1) is 0 Å². The second-order valence-electron chi connectivity index (χ2n) is 4.67. The van der Waals surface area contributed by atoms with Gasteiger partial charge in [-0.05, 0) is 57.1 Å². The average molecular weight is 222 g/mol. The number of hydrogen-bond acceptors (Lipinski definition) is 3. The third-order valence-corrected chi connectivity index (χ3v) is 3.87. The molecule has 0 spiro atoms. The van der Waals surface area contributed by atoms with E-state index in [2.05, 4.69) is 0 Å². The predicted octanol–water partition coefficient (Wildman–Crippen LogP) is 2.40. The van der Waals surface area contributed by atoms with Crippen molar-refractivity contribution in [3.63, 3.8) is 0 Å². The highest BCUT2D eigenvalue weighted by Crippen LogP contribution is 2.54. The van der Waals surface area contributed by atoms with E-state index in [0.717, 1.165) is 43.3 Å². The van der Waals surface area contributed by atoms with Gasteiger partial charge in [0.05, 0.1) is 12.0 Å². The van der Waals surface area contributed by atoms with E-state index >= 15 is 0 Å². The molecule has 88 valence electrons. The number of rotatable bonds is 3. The molecule has 0 radical (unpaired) electrons. The molecule has 0 heterocycles. The van der Waals surface area contributed by atoms with Crippen LogP contribution < -0.4 is 0 Å². The summed E-state index contributed by atoms with van der Waals surface area (Å²) in [6.45, 7) is 3.85. The summed E-state index contributed by atoms with van der Waals surface area (Å²) in [4.78, 5) is 23.6. The van der Waals surface area contributed by atoms with Crippen molar-refractivity contribution >= 4 is 11.8 Å². The van der Waals surface area contributed by atoms with Crippen molar-refractivity contribution in [1.29, 1.82) is 0 Å². The monoisotopic (exact) mass is 222 g/mol. The van der Waals surface area contributed by atoms with Crippen molar-refractivity contribution < 1.29 is 14.3 Å². The van der Waals surface area contributed by atoms with Crippen LogP contribution in [0.1, 0.15) is 46.0 Å². The van der Waals surface area contributed by atoms with Crippen molar-refractivity contribution in [2.24, 2.45) is 5.41 Å². The van der Waals surface area contributed by atoms with Crippen LogP contribution in [0.15, 0.2) is 11.1 Å². The Bertz CT molecular complexity index is 367. The smallest absolute Gasteiger partial charge is 0.316 e.